The fraction of sp³-hybridized carbons (Fsp3) is 0.273. The van der Waals surface area contributed by atoms with Gasteiger partial charge in [-0.3, -0.25) is 19.7 Å². The molecule has 1 fully saturated rings. The molecule has 0 atom stereocenters. The molecule has 0 bridgehead atoms. The van der Waals surface area contributed by atoms with Gasteiger partial charge in [-0.1, -0.05) is 18.2 Å². The molecule has 0 aliphatic carbocycles. The lowest BCUT2D eigenvalue weighted by atomic mass is 10.1. The van der Waals surface area contributed by atoms with Gasteiger partial charge in [0.1, 0.15) is 10.6 Å². The second-order valence-corrected chi connectivity index (χ2v) is 7.72. The Morgan fingerprint density at radius 1 is 1.09 bits per heavy atom. The number of nitrogens with one attached hydrogen (secondary N) is 1. The van der Waals surface area contributed by atoms with E-state index in [9.17, 15) is 19.7 Å². The molecule has 0 unspecified atom stereocenters. The lowest BCUT2D eigenvalue weighted by Gasteiger charge is -2.32. The van der Waals surface area contributed by atoms with Crippen LogP contribution in [0, 0.1) is 10.1 Å². The summed E-state index contributed by atoms with van der Waals surface area (Å²) >= 11 is 0. The number of piperazine rings is 1. The van der Waals surface area contributed by atoms with Crippen LogP contribution in [0.3, 0.4) is 0 Å². The predicted octanol–water partition coefficient (Wildman–Crippen LogP) is 2.22. The summed E-state index contributed by atoms with van der Waals surface area (Å²) in [4.78, 5) is 40.0. The topological polar surface area (TPSA) is 114 Å². The van der Waals surface area contributed by atoms with Gasteiger partial charge in [0.25, 0.3) is 11.8 Å². The highest BCUT2D eigenvalue weighted by Crippen LogP contribution is 2.23. The van der Waals surface area contributed by atoms with Crippen molar-refractivity contribution < 1.29 is 18.9 Å². The smallest absolute Gasteiger partial charge is 0.395 e. The Labute approximate surface area is 183 Å². The lowest BCUT2D eigenvalue weighted by molar-refractivity contribution is -0.402. The van der Waals surface area contributed by atoms with E-state index in [0.29, 0.717) is 13.1 Å². The summed E-state index contributed by atoms with van der Waals surface area (Å²) in [6, 6.07) is 10.1. The van der Waals surface area contributed by atoms with Gasteiger partial charge in [0.15, 0.2) is 5.76 Å². The Hall–Kier alpha value is -3.92. The van der Waals surface area contributed by atoms with E-state index in [-0.39, 0.29) is 17.4 Å². The van der Waals surface area contributed by atoms with Gasteiger partial charge in [-0.25, -0.2) is 0 Å². The third-order valence-corrected chi connectivity index (χ3v) is 5.49. The van der Waals surface area contributed by atoms with Crippen LogP contribution in [0.4, 0.5) is 5.88 Å². The van der Waals surface area contributed by atoms with Crippen molar-refractivity contribution in [2.45, 2.75) is 0 Å². The van der Waals surface area contributed by atoms with Crippen molar-refractivity contribution in [2.75, 3.05) is 33.2 Å². The van der Waals surface area contributed by atoms with Crippen LogP contribution in [0.1, 0.15) is 16.1 Å². The van der Waals surface area contributed by atoms with Crippen molar-refractivity contribution in [3.05, 3.63) is 69.7 Å². The molecule has 3 aromatic rings. The van der Waals surface area contributed by atoms with Crippen LogP contribution in [0.15, 0.2) is 52.7 Å². The zero-order valence-electron chi connectivity index (χ0n) is 17.8. The SMILES string of the molecule is CN1CCN(C(=O)/C(=C/c2cn(C)c3ccccc23)NC(=O)c2ccc([N+](=O)[O-])o2)CC1. The number of hydrogen-bond acceptors (Lipinski definition) is 6. The van der Waals surface area contributed by atoms with Gasteiger partial charge in [0, 0.05) is 55.9 Å². The molecule has 0 spiro atoms. The van der Waals surface area contributed by atoms with Gasteiger partial charge in [-0.15, -0.1) is 0 Å². The number of likely N-dealkylation sites (N-methyl/N-ethyl adjacent to an activating group) is 1. The minimum atomic E-state index is -0.730. The predicted molar refractivity (Wildman–Crippen MR) is 118 cm³/mol. The van der Waals surface area contributed by atoms with Gasteiger partial charge >= 0.3 is 5.88 Å². The van der Waals surface area contributed by atoms with Crippen LogP contribution in [0.2, 0.25) is 0 Å². The van der Waals surface area contributed by atoms with Crippen molar-refractivity contribution in [2.24, 2.45) is 7.05 Å². The number of para-hydroxylation sites is 1. The molecule has 0 radical (unpaired) electrons. The Bertz CT molecular complexity index is 1220. The molecule has 2 aromatic heterocycles. The fourth-order valence-electron chi connectivity index (χ4n) is 3.71. The van der Waals surface area contributed by atoms with Gasteiger partial charge in [-0.05, 0) is 25.3 Å². The van der Waals surface area contributed by atoms with Crippen molar-refractivity contribution in [3.8, 4) is 0 Å². The standard InChI is InChI=1S/C22H23N5O5/c1-24-9-11-26(12-10-24)22(29)17(23-21(28)19-7-8-20(32-19)27(30)31)13-15-14-25(2)18-6-4-3-5-16(15)18/h3-8,13-14H,9-12H2,1-2H3,(H,23,28)/b17-13-. The number of nitrogens with zero attached hydrogens (tertiary/aromatic N) is 4. The average Bonchev–Trinajstić information content (AvgIpc) is 3.39. The number of nitro groups is 1. The summed E-state index contributed by atoms with van der Waals surface area (Å²) in [6.45, 7) is 2.52. The number of rotatable bonds is 5. The van der Waals surface area contributed by atoms with E-state index in [2.05, 4.69) is 10.2 Å². The average molecular weight is 437 g/mol. The summed E-state index contributed by atoms with van der Waals surface area (Å²) in [5, 5.41) is 14.4. The molecule has 10 heteroatoms. The van der Waals surface area contributed by atoms with Crippen LogP contribution in [0.25, 0.3) is 17.0 Å². The first-order valence-corrected chi connectivity index (χ1v) is 10.1. The first-order valence-electron chi connectivity index (χ1n) is 10.1. The number of hydrogen-bond donors (Lipinski definition) is 1. The molecular weight excluding hydrogens is 414 g/mol. The van der Waals surface area contributed by atoms with E-state index in [0.717, 1.165) is 35.6 Å². The van der Waals surface area contributed by atoms with Crippen molar-refractivity contribution in [3.63, 3.8) is 0 Å². The first-order chi connectivity index (χ1) is 15.3. The quantitative estimate of drug-likeness (QED) is 0.372. The number of fused-ring (bicyclic) bond motifs is 1. The number of aromatic nitrogens is 1. The third kappa shape index (κ3) is 4.26. The number of aryl methyl sites for hydroxylation is 1. The Balaban J connectivity index is 1.68. The molecule has 2 amide bonds. The molecule has 4 rings (SSSR count). The second-order valence-electron chi connectivity index (χ2n) is 7.72. The second kappa shape index (κ2) is 8.67. The molecule has 1 aromatic carbocycles. The molecule has 1 N–H and O–H groups in total. The van der Waals surface area contributed by atoms with E-state index < -0.39 is 16.7 Å². The normalized spacial score (nSPS) is 15.2. The van der Waals surface area contributed by atoms with Crippen LogP contribution >= 0.6 is 0 Å². The number of carbonyl (C=O) groups is 2. The van der Waals surface area contributed by atoms with Crippen LogP contribution in [0.5, 0.6) is 0 Å². The molecule has 32 heavy (non-hydrogen) atoms. The van der Waals surface area contributed by atoms with Crippen LogP contribution in [-0.4, -0.2) is 64.3 Å². The highest BCUT2D eigenvalue weighted by atomic mass is 16.6. The molecule has 3 heterocycles. The van der Waals surface area contributed by atoms with Gasteiger partial charge in [0.2, 0.25) is 0 Å². The number of furan rings is 1. The molecular formula is C22H23N5O5. The monoisotopic (exact) mass is 437 g/mol. The van der Waals surface area contributed by atoms with E-state index in [4.69, 9.17) is 4.42 Å². The number of benzene rings is 1. The number of carbonyl (C=O) groups excluding carboxylic acids is 2. The maximum absolute atomic E-state index is 13.3. The van der Waals surface area contributed by atoms with Crippen molar-refractivity contribution in [1.82, 2.24) is 19.7 Å². The van der Waals surface area contributed by atoms with E-state index in [1.165, 1.54) is 6.07 Å². The largest absolute Gasteiger partial charge is 0.433 e. The van der Waals surface area contributed by atoms with Gasteiger partial charge < -0.3 is 24.1 Å². The molecule has 0 saturated carbocycles. The Morgan fingerprint density at radius 3 is 2.50 bits per heavy atom. The minimum absolute atomic E-state index is 0.0787. The van der Waals surface area contributed by atoms with E-state index in [1.807, 2.05) is 49.1 Å². The summed E-state index contributed by atoms with van der Waals surface area (Å²) < 4.78 is 6.94. The van der Waals surface area contributed by atoms with Crippen LogP contribution < -0.4 is 5.32 Å². The summed E-state index contributed by atoms with van der Waals surface area (Å²) in [5.74, 6) is -1.83. The summed E-state index contributed by atoms with van der Waals surface area (Å²) in [7, 11) is 3.89. The summed E-state index contributed by atoms with van der Waals surface area (Å²) in [6.07, 6.45) is 3.52. The number of amides is 2. The molecule has 1 aliphatic rings. The van der Waals surface area contributed by atoms with Crippen molar-refractivity contribution >= 4 is 34.7 Å². The summed E-state index contributed by atoms with van der Waals surface area (Å²) in [5.41, 5.74) is 1.83. The Kier molecular flexibility index (Phi) is 5.78. The highest BCUT2D eigenvalue weighted by molar-refractivity contribution is 6.06. The van der Waals surface area contributed by atoms with Gasteiger partial charge in [0.05, 0.1) is 6.07 Å². The molecule has 10 nitrogen and oxygen atoms in total. The zero-order valence-corrected chi connectivity index (χ0v) is 17.8. The maximum atomic E-state index is 13.3. The van der Waals surface area contributed by atoms with Crippen molar-refractivity contribution in [1.29, 1.82) is 0 Å². The van der Waals surface area contributed by atoms with Crippen LogP contribution in [-0.2, 0) is 11.8 Å². The molecule has 1 saturated heterocycles. The van der Waals surface area contributed by atoms with E-state index in [1.54, 1.807) is 11.0 Å². The van der Waals surface area contributed by atoms with E-state index >= 15 is 0 Å². The zero-order chi connectivity index (χ0) is 22.8. The lowest BCUT2D eigenvalue weighted by Crippen LogP contribution is -2.49. The molecule has 166 valence electrons. The first kappa shape index (κ1) is 21.3. The maximum Gasteiger partial charge on any atom is 0.433 e. The third-order valence-electron chi connectivity index (χ3n) is 5.49. The fourth-order valence-corrected chi connectivity index (χ4v) is 3.71. The minimum Gasteiger partial charge on any atom is -0.395 e. The van der Waals surface area contributed by atoms with Gasteiger partial charge in [-0.2, -0.15) is 0 Å². The molecule has 1 aliphatic heterocycles. The highest BCUT2D eigenvalue weighted by Gasteiger charge is 2.26. The Morgan fingerprint density at radius 2 is 1.81 bits per heavy atom.